The average Bonchev–Trinajstić information content (AvgIpc) is 2.55. The lowest BCUT2D eigenvalue weighted by molar-refractivity contribution is 0.102. The second kappa shape index (κ2) is 6.53. The highest BCUT2D eigenvalue weighted by Gasteiger charge is 2.09. The fourth-order valence-corrected chi connectivity index (χ4v) is 2.51. The summed E-state index contributed by atoms with van der Waals surface area (Å²) in [6, 6.07) is 21.1. The molecule has 1 N–H and O–H groups in total. The first-order chi connectivity index (χ1) is 11.1. The van der Waals surface area contributed by atoms with Crippen LogP contribution in [0.5, 0.6) is 5.75 Å². The molecule has 0 radical (unpaired) electrons. The van der Waals surface area contributed by atoms with Crippen LogP contribution in [0.1, 0.15) is 24.2 Å². The Morgan fingerprint density at radius 3 is 2.52 bits per heavy atom. The first-order valence-corrected chi connectivity index (χ1v) is 7.69. The van der Waals surface area contributed by atoms with E-state index >= 15 is 0 Å². The van der Waals surface area contributed by atoms with E-state index in [9.17, 15) is 4.79 Å². The number of hydrogen-bond donors (Lipinski definition) is 1. The van der Waals surface area contributed by atoms with Gasteiger partial charge >= 0.3 is 0 Å². The standard InChI is InChI=1S/C20H19NO2/c1-14(2)23-17-10-5-9-16(13-17)20(22)21-19-12-6-8-15-7-3-4-11-18(15)19/h3-14H,1-2H3,(H,21,22). The van der Waals surface area contributed by atoms with Crippen LogP contribution in [0.15, 0.2) is 66.7 Å². The van der Waals surface area contributed by atoms with E-state index in [4.69, 9.17) is 4.74 Å². The fraction of sp³-hybridized carbons (Fsp3) is 0.150. The number of ether oxygens (including phenoxy) is 1. The van der Waals surface area contributed by atoms with Crippen LogP contribution in [0.2, 0.25) is 0 Å². The number of benzene rings is 3. The van der Waals surface area contributed by atoms with Crippen molar-refractivity contribution in [3.05, 3.63) is 72.3 Å². The van der Waals surface area contributed by atoms with Crippen LogP contribution in [0.25, 0.3) is 10.8 Å². The molecule has 0 heterocycles. The van der Waals surface area contributed by atoms with Gasteiger partial charge in [0.15, 0.2) is 0 Å². The van der Waals surface area contributed by atoms with Gasteiger partial charge in [0.05, 0.1) is 6.10 Å². The van der Waals surface area contributed by atoms with Crippen LogP contribution in [-0.2, 0) is 0 Å². The SMILES string of the molecule is CC(C)Oc1cccc(C(=O)Nc2cccc3ccccc23)c1. The lowest BCUT2D eigenvalue weighted by Gasteiger charge is -2.12. The quantitative estimate of drug-likeness (QED) is 0.746. The van der Waals surface area contributed by atoms with E-state index in [0.29, 0.717) is 11.3 Å². The van der Waals surface area contributed by atoms with Crippen molar-refractivity contribution in [2.45, 2.75) is 20.0 Å². The minimum absolute atomic E-state index is 0.0754. The Morgan fingerprint density at radius 2 is 1.70 bits per heavy atom. The first-order valence-electron chi connectivity index (χ1n) is 7.69. The molecule has 0 saturated heterocycles. The molecular weight excluding hydrogens is 286 g/mol. The van der Waals surface area contributed by atoms with Crippen molar-refractivity contribution in [2.75, 3.05) is 5.32 Å². The van der Waals surface area contributed by atoms with Gasteiger partial charge in [0.2, 0.25) is 0 Å². The Hall–Kier alpha value is -2.81. The highest BCUT2D eigenvalue weighted by molar-refractivity contribution is 6.09. The van der Waals surface area contributed by atoms with Crippen LogP contribution in [0.4, 0.5) is 5.69 Å². The number of carbonyl (C=O) groups is 1. The van der Waals surface area contributed by atoms with E-state index in [1.807, 2.05) is 68.4 Å². The van der Waals surface area contributed by atoms with E-state index in [1.165, 1.54) is 0 Å². The molecule has 1 amide bonds. The maximum atomic E-state index is 12.5. The van der Waals surface area contributed by atoms with Crippen LogP contribution in [0, 0.1) is 0 Å². The first kappa shape index (κ1) is 15.1. The van der Waals surface area contributed by atoms with Gasteiger partial charge in [-0.25, -0.2) is 0 Å². The van der Waals surface area contributed by atoms with E-state index < -0.39 is 0 Å². The van der Waals surface area contributed by atoms with Crippen LogP contribution < -0.4 is 10.1 Å². The van der Waals surface area contributed by atoms with Crippen LogP contribution in [0.3, 0.4) is 0 Å². The maximum absolute atomic E-state index is 12.5. The monoisotopic (exact) mass is 305 g/mol. The van der Waals surface area contributed by atoms with Gasteiger partial charge in [-0.15, -0.1) is 0 Å². The summed E-state index contributed by atoms with van der Waals surface area (Å²) in [5, 5.41) is 5.11. The highest BCUT2D eigenvalue weighted by Crippen LogP contribution is 2.24. The third kappa shape index (κ3) is 3.51. The summed E-state index contributed by atoms with van der Waals surface area (Å²) in [4.78, 5) is 12.5. The minimum atomic E-state index is -0.143. The summed E-state index contributed by atoms with van der Waals surface area (Å²) in [7, 11) is 0. The summed E-state index contributed by atoms with van der Waals surface area (Å²) in [5.41, 5.74) is 1.39. The van der Waals surface area contributed by atoms with Gasteiger partial charge in [-0.2, -0.15) is 0 Å². The molecule has 3 nitrogen and oxygen atoms in total. The van der Waals surface area contributed by atoms with Gasteiger partial charge in [0.25, 0.3) is 5.91 Å². The molecule has 0 saturated carbocycles. The number of hydrogen-bond acceptors (Lipinski definition) is 2. The lowest BCUT2D eigenvalue weighted by atomic mass is 10.1. The number of anilines is 1. The molecule has 23 heavy (non-hydrogen) atoms. The van der Waals surface area contributed by atoms with Crippen molar-refractivity contribution in [3.63, 3.8) is 0 Å². The molecule has 3 heteroatoms. The normalized spacial score (nSPS) is 10.7. The molecule has 3 aromatic rings. The van der Waals surface area contributed by atoms with Crippen LogP contribution >= 0.6 is 0 Å². The van der Waals surface area contributed by atoms with E-state index in [-0.39, 0.29) is 12.0 Å². The molecular formula is C20H19NO2. The third-order valence-electron chi connectivity index (χ3n) is 3.51. The summed E-state index contributed by atoms with van der Waals surface area (Å²) < 4.78 is 5.65. The maximum Gasteiger partial charge on any atom is 0.255 e. The fourth-order valence-electron chi connectivity index (χ4n) is 2.51. The summed E-state index contributed by atoms with van der Waals surface area (Å²) in [6.07, 6.45) is 0.0754. The molecule has 0 atom stereocenters. The number of rotatable bonds is 4. The lowest BCUT2D eigenvalue weighted by Crippen LogP contribution is -2.13. The molecule has 0 fully saturated rings. The van der Waals surface area contributed by atoms with Crippen molar-refractivity contribution < 1.29 is 9.53 Å². The molecule has 3 rings (SSSR count). The van der Waals surface area contributed by atoms with Gasteiger partial charge in [-0.05, 0) is 43.5 Å². The molecule has 0 spiro atoms. The summed E-state index contributed by atoms with van der Waals surface area (Å²) >= 11 is 0. The topological polar surface area (TPSA) is 38.3 Å². The number of fused-ring (bicyclic) bond motifs is 1. The van der Waals surface area contributed by atoms with Crippen molar-refractivity contribution in [2.24, 2.45) is 0 Å². The molecule has 0 aliphatic rings. The largest absolute Gasteiger partial charge is 0.491 e. The number of carbonyl (C=O) groups excluding carboxylic acids is 1. The third-order valence-corrected chi connectivity index (χ3v) is 3.51. The molecule has 0 aliphatic carbocycles. The van der Waals surface area contributed by atoms with E-state index in [0.717, 1.165) is 16.5 Å². The predicted octanol–water partition coefficient (Wildman–Crippen LogP) is 4.88. The minimum Gasteiger partial charge on any atom is -0.491 e. The number of amides is 1. The molecule has 0 aliphatic heterocycles. The van der Waals surface area contributed by atoms with Crippen molar-refractivity contribution in [1.82, 2.24) is 0 Å². The zero-order chi connectivity index (χ0) is 16.2. The molecule has 116 valence electrons. The van der Waals surface area contributed by atoms with Gasteiger partial charge in [0.1, 0.15) is 5.75 Å². The predicted molar refractivity (Wildman–Crippen MR) is 94.1 cm³/mol. The Bertz CT molecular complexity index is 834. The average molecular weight is 305 g/mol. The number of nitrogens with one attached hydrogen (secondary N) is 1. The molecule has 0 unspecified atom stereocenters. The van der Waals surface area contributed by atoms with Crippen molar-refractivity contribution in [3.8, 4) is 5.75 Å². The molecule has 0 bridgehead atoms. The van der Waals surface area contributed by atoms with Gasteiger partial charge in [0, 0.05) is 16.6 Å². The Morgan fingerprint density at radius 1 is 0.957 bits per heavy atom. The Kier molecular flexibility index (Phi) is 4.29. The van der Waals surface area contributed by atoms with E-state index in [1.54, 1.807) is 12.1 Å². The summed E-state index contributed by atoms with van der Waals surface area (Å²) in [6.45, 7) is 3.92. The van der Waals surface area contributed by atoms with E-state index in [2.05, 4.69) is 5.32 Å². The molecule has 0 aromatic heterocycles. The second-order valence-electron chi connectivity index (χ2n) is 5.68. The summed E-state index contributed by atoms with van der Waals surface area (Å²) in [5.74, 6) is 0.557. The van der Waals surface area contributed by atoms with Gasteiger partial charge in [-0.1, -0.05) is 42.5 Å². The van der Waals surface area contributed by atoms with Crippen molar-refractivity contribution >= 4 is 22.4 Å². The molecule has 3 aromatic carbocycles. The smallest absolute Gasteiger partial charge is 0.255 e. The Labute approximate surface area is 135 Å². The Balaban J connectivity index is 1.86. The zero-order valence-electron chi connectivity index (χ0n) is 13.2. The second-order valence-corrected chi connectivity index (χ2v) is 5.68. The van der Waals surface area contributed by atoms with Gasteiger partial charge < -0.3 is 10.1 Å². The highest BCUT2D eigenvalue weighted by atomic mass is 16.5. The zero-order valence-corrected chi connectivity index (χ0v) is 13.2. The van der Waals surface area contributed by atoms with Crippen molar-refractivity contribution in [1.29, 1.82) is 0 Å². The van der Waals surface area contributed by atoms with Gasteiger partial charge in [-0.3, -0.25) is 4.79 Å². The van der Waals surface area contributed by atoms with Crippen LogP contribution in [-0.4, -0.2) is 12.0 Å².